The zero-order valence-electron chi connectivity index (χ0n) is 19.4. The molecule has 0 saturated heterocycles. The molecule has 3 aromatic rings. The molecule has 1 aliphatic rings. The first kappa shape index (κ1) is 22.6. The molecular weight excluding hydrogens is 414 g/mol. The predicted octanol–water partition coefficient (Wildman–Crippen LogP) is 5.19. The molecule has 0 spiro atoms. The average Bonchev–Trinajstić information content (AvgIpc) is 3.15. The van der Waals surface area contributed by atoms with Crippen LogP contribution in [0.4, 0.5) is 5.69 Å². The van der Waals surface area contributed by atoms with E-state index in [9.17, 15) is 9.59 Å². The number of fused-ring (bicyclic) bond motifs is 1. The van der Waals surface area contributed by atoms with Crippen molar-refractivity contribution in [3.63, 3.8) is 0 Å². The molecule has 0 fully saturated rings. The Labute approximate surface area is 194 Å². The van der Waals surface area contributed by atoms with E-state index in [0.717, 1.165) is 35.2 Å². The van der Waals surface area contributed by atoms with E-state index in [1.165, 1.54) is 16.7 Å². The summed E-state index contributed by atoms with van der Waals surface area (Å²) in [6.07, 6.45) is 1.70. The Bertz CT molecular complexity index is 1170. The lowest BCUT2D eigenvalue weighted by Gasteiger charge is -2.16. The molecule has 5 heteroatoms. The third-order valence-electron chi connectivity index (χ3n) is 5.98. The van der Waals surface area contributed by atoms with Gasteiger partial charge in [-0.05, 0) is 80.1 Å². The first-order chi connectivity index (χ1) is 16.0. The minimum Gasteiger partial charge on any atom is -0.482 e. The van der Waals surface area contributed by atoms with Crippen molar-refractivity contribution in [3.8, 4) is 5.75 Å². The van der Waals surface area contributed by atoms with E-state index < -0.39 is 0 Å². The van der Waals surface area contributed by atoms with Crippen LogP contribution in [0.3, 0.4) is 0 Å². The molecule has 0 saturated carbocycles. The molecule has 3 aromatic carbocycles. The Balaban J connectivity index is 1.43. The van der Waals surface area contributed by atoms with E-state index in [1.54, 1.807) is 6.92 Å². The van der Waals surface area contributed by atoms with Gasteiger partial charge in [-0.2, -0.15) is 0 Å². The average molecular weight is 444 g/mol. The molecule has 0 aliphatic carbocycles. The third kappa shape index (κ3) is 5.08. The zero-order chi connectivity index (χ0) is 23.4. The van der Waals surface area contributed by atoms with Crippen molar-refractivity contribution >= 4 is 17.6 Å². The van der Waals surface area contributed by atoms with Crippen LogP contribution >= 0.6 is 0 Å². The lowest BCUT2D eigenvalue weighted by molar-refractivity contribution is -0.145. The first-order valence-corrected chi connectivity index (χ1v) is 11.3. The summed E-state index contributed by atoms with van der Waals surface area (Å²) in [5.41, 5.74) is 7.40. The summed E-state index contributed by atoms with van der Waals surface area (Å²) in [4.78, 5) is 26.4. The van der Waals surface area contributed by atoms with Gasteiger partial charge in [0.15, 0.2) is 6.61 Å². The van der Waals surface area contributed by atoms with Crippen LogP contribution in [0, 0.1) is 13.8 Å². The van der Waals surface area contributed by atoms with Crippen molar-refractivity contribution in [2.24, 2.45) is 0 Å². The van der Waals surface area contributed by atoms with E-state index in [2.05, 4.69) is 12.1 Å². The summed E-state index contributed by atoms with van der Waals surface area (Å²) in [5, 5.41) is 0. The van der Waals surface area contributed by atoms with E-state index in [1.807, 2.05) is 67.3 Å². The summed E-state index contributed by atoms with van der Waals surface area (Å²) < 4.78 is 10.5. The van der Waals surface area contributed by atoms with Crippen molar-refractivity contribution in [2.45, 2.75) is 40.2 Å². The van der Waals surface area contributed by atoms with Crippen molar-refractivity contribution in [1.82, 2.24) is 0 Å². The van der Waals surface area contributed by atoms with Gasteiger partial charge in [0.05, 0.1) is 13.2 Å². The molecule has 0 bridgehead atoms. The standard InChI is InChI=1S/C28H29NO4/c1-4-32-27(30)18-33-26-15-11-21(16-20(26)3)10-12-22-6-5-7-24-25(22)17-29(28(24)31)23-13-8-19(2)9-14-23/h5-9,11,13-16H,4,10,12,17-18H2,1-3H3. The topological polar surface area (TPSA) is 55.8 Å². The van der Waals surface area contributed by atoms with Gasteiger partial charge in [-0.1, -0.05) is 42.0 Å². The maximum Gasteiger partial charge on any atom is 0.344 e. The molecule has 33 heavy (non-hydrogen) atoms. The summed E-state index contributed by atoms with van der Waals surface area (Å²) in [6, 6.07) is 20.1. The Morgan fingerprint density at radius 2 is 1.79 bits per heavy atom. The second kappa shape index (κ2) is 9.90. The number of esters is 1. The van der Waals surface area contributed by atoms with Crippen molar-refractivity contribution in [3.05, 3.63) is 94.0 Å². The lowest BCUT2D eigenvalue weighted by Crippen LogP contribution is -2.22. The summed E-state index contributed by atoms with van der Waals surface area (Å²) in [6.45, 7) is 6.65. The SMILES string of the molecule is CCOC(=O)COc1ccc(CCc2cccc3c2CN(c2ccc(C)cc2)C3=O)cc1C. The molecule has 0 unspecified atom stereocenters. The molecule has 0 N–H and O–H groups in total. The van der Waals surface area contributed by atoms with E-state index >= 15 is 0 Å². The van der Waals surface area contributed by atoms with Crippen LogP contribution in [-0.2, 0) is 28.9 Å². The van der Waals surface area contributed by atoms with Gasteiger partial charge >= 0.3 is 5.97 Å². The maximum absolute atomic E-state index is 13.0. The maximum atomic E-state index is 13.0. The molecule has 0 atom stereocenters. The number of rotatable bonds is 8. The first-order valence-electron chi connectivity index (χ1n) is 11.3. The van der Waals surface area contributed by atoms with Crippen LogP contribution in [0.1, 0.15) is 45.1 Å². The van der Waals surface area contributed by atoms with Gasteiger partial charge < -0.3 is 14.4 Å². The van der Waals surface area contributed by atoms with Gasteiger partial charge in [0.25, 0.3) is 5.91 Å². The Hall–Kier alpha value is -3.60. The highest BCUT2D eigenvalue weighted by Crippen LogP contribution is 2.31. The lowest BCUT2D eigenvalue weighted by atomic mass is 9.97. The molecule has 1 aliphatic heterocycles. The van der Waals surface area contributed by atoms with Gasteiger partial charge in [-0.15, -0.1) is 0 Å². The van der Waals surface area contributed by atoms with Crippen molar-refractivity contribution in [2.75, 3.05) is 18.1 Å². The third-order valence-corrected chi connectivity index (χ3v) is 5.98. The number of benzene rings is 3. The number of ether oxygens (including phenoxy) is 2. The number of anilines is 1. The fourth-order valence-corrected chi connectivity index (χ4v) is 4.21. The van der Waals surface area contributed by atoms with Gasteiger partial charge in [-0.25, -0.2) is 4.79 Å². The predicted molar refractivity (Wildman–Crippen MR) is 129 cm³/mol. The van der Waals surface area contributed by atoms with Crippen LogP contribution in [0.15, 0.2) is 60.7 Å². The number of hydrogen-bond acceptors (Lipinski definition) is 4. The molecular formula is C28H29NO4. The van der Waals surface area contributed by atoms with Crippen LogP contribution < -0.4 is 9.64 Å². The molecule has 170 valence electrons. The Morgan fingerprint density at radius 1 is 1.00 bits per heavy atom. The van der Waals surface area contributed by atoms with Crippen molar-refractivity contribution < 1.29 is 19.1 Å². The number of hydrogen-bond donors (Lipinski definition) is 0. The summed E-state index contributed by atoms with van der Waals surface area (Å²) >= 11 is 0. The van der Waals surface area contributed by atoms with E-state index in [0.29, 0.717) is 18.9 Å². The van der Waals surface area contributed by atoms with Crippen LogP contribution in [-0.4, -0.2) is 25.1 Å². The highest BCUT2D eigenvalue weighted by Gasteiger charge is 2.30. The van der Waals surface area contributed by atoms with Crippen molar-refractivity contribution in [1.29, 1.82) is 0 Å². The van der Waals surface area contributed by atoms with Crippen LogP contribution in [0.25, 0.3) is 0 Å². The molecule has 1 amide bonds. The van der Waals surface area contributed by atoms with Gasteiger partial charge in [0.1, 0.15) is 5.75 Å². The van der Waals surface area contributed by atoms with Gasteiger partial charge in [-0.3, -0.25) is 4.79 Å². The largest absolute Gasteiger partial charge is 0.482 e. The molecule has 1 heterocycles. The smallest absolute Gasteiger partial charge is 0.344 e. The number of carbonyl (C=O) groups is 2. The molecule has 5 nitrogen and oxygen atoms in total. The molecule has 4 rings (SSSR count). The Kier molecular flexibility index (Phi) is 6.78. The summed E-state index contributed by atoms with van der Waals surface area (Å²) in [5.74, 6) is 0.384. The normalized spacial score (nSPS) is 12.6. The monoisotopic (exact) mass is 443 g/mol. The highest BCUT2D eigenvalue weighted by atomic mass is 16.6. The quantitative estimate of drug-likeness (QED) is 0.450. The fourth-order valence-electron chi connectivity index (χ4n) is 4.21. The fraction of sp³-hybridized carbons (Fsp3) is 0.286. The second-order valence-corrected chi connectivity index (χ2v) is 8.36. The number of nitrogens with zero attached hydrogens (tertiary/aromatic N) is 1. The van der Waals surface area contributed by atoms with E-state index in [4.69, 9.17) is 9.47 Å². The highest BCUT2D eigenvalue weighted by molar-refractivity contribution is 6.10. The minimum absolute atomic E-state index is 0.0645. The Morgan fingerprint density at radius 3 is 2.52 bits per heavy atom. The number of carbonyl (C=O) groups excluding carboxylic acids is 2. The summed E-state index contributed by atoms with van der Waals surface area (Å²) in [7, 11) is 0. The van der Waals surface area contributed by atoms with Gasteiger partial charge in [0.2, 0.25) is 0 Å². The van der Waals surface area contributed by atoms with Gasteiger partial charge in [0, 0.05) is 11.3 Å². The zero-order valence-corrected chi connectivity index (χ0v) is 19.4. The minimum atomic E-state index is -0.367. The van der Waals surface area contributed by atoms with Crippen LogP contribution in [0.2, 0.25) is 0 Å². The van der Waals surface area contributed by atoms with E-state index in [-0.39, 0.29) is 18.5 Å². The number of aryl methyl sites for hydroxylation is 4. The molecule has 0 aromatic heterocycles. The number of amides is 1. The second-order valence-electron chi connectivity index (χ2n) is 8.36. The molecule has 0 radical (unpaired) electrons. The van der Waals surface area contributed by atoms with Crippen LogP contribution in [0.5, 0.6) is 5.75 Å².